The number of ether oxygens (including phenoxy) is 2. The molecule has 0 saturated carbocycles. The van der Waals surface area contributed by atoms with Crippen molar-refractivity contribution in [3.05, 3.63) is 59.1 Å². The van der Waals surface area contributed by atoms with Gasteiger partial charge < -0.3 is 9.47 Å². The highest BCUT2D eigenvalue weighted by atomic mass is 35.5. The Morgan fingerprint density at radius 1 is 1.07 bits per heavy atom. The molecular formula is C21H23ClN4O3S. The van der Waals surface area contributed by atoms with Crippen molar-refractivity contribution in [1.29, 1.82) is 0 Å². The lowest BCUT2D eigenvalue weighted by molar-refractivity contribution is -0.118. The van der Waals surface area contributed by atoms with Crippen LogP contribution in [0.25, 0.3) is 0 Å². The molecule has 9 heteroatoms. The van der Waals surface area contributed by atoms with Crippen LogP contribution in [0.1, 0.15) is 19.4 Å². The first-order chi connectivity index (χ1) is 14.6. The van der Waals surface area contributed by atoms with Gasteiger partial charge >= 0.3 is 0 Å². The molecule has 158 valence electrons. The Morgan fingerprint density at radius 2 is 1.77 bits per heavy atom. The molecule has 0 spiro atoms. The lowest BCUT2D eigenvalue weighted by Gasteiger charge is -2.12. The number of carbonyl (C=O) groups is 1. The minimum atomic E-state index is -0.328. The molecular weight excluding hydrogens is 424 g/mol. The molecule has 1 heterocycles. The highest BCUT2D eigenvalue weighted by molar-refractivity contribution is 7.98. The first-order valence-electron chi connectivity index (χ1n) is 9.56. The molecule has 0 aliphatic heterocycles. The number of benzene rings is 2. The zero-order chi connectivity index (χ0) is 21.3. The summed E-state index contributed by atoms with van der Waals surface area (Å²) in [6.45, 7) is 4.82. The fraction of sp³-hybridized carbons (Fsp3) is 0.286. The summed E-state index contributed by atoms with van der Waals surface area (Å²) in [5, 5.41) is 12.5. The van der Waals surface area contributed by atoms with Crippen molar-refractivity contribution in [1.82, 2.24) is 14.8 Å². The van der Waals surface area contributed by atoms with Crippen molar-refractivity contribution >= 4 is 35.2 Å². The van der Waals surface area contributed by atoms with E-state index < -0.39 is 0 Å². The maximum absolute atomic E-state index is 12.4. The van der Waals surface area contributed by atoms with Crippen LogP contribution in [0.2, 0.25) is 5.02 Å². The topological polar surface area (TPSA) is 78.3 Å². The van der Waals surface area contributed by atoms with Crippen LogP contribution < -0.4 is 14.8 Å². The van der Waals surface area contributed by atoms with Gasteiger partial charge in [-0.3, -0.25) is 14.7 Å². The van der Waals surface area contributed by atoms with Crippen molar-refractivity contribution in [3.63, 3.8) is 0 Å². The number of amides is 1. The zero-order valence-corrected chi connectivity index (χ0v) is 18.4. The van der Waals surface area contributed by atoms with Gasteiger partial charge in [0.1, 0.15) is 0 Å². The number of anilines is 1. The lowest BCUT2D eigenvalue weighted by atomic mass is 10.2. The largest absolute Gasteiger partial charge is 0.490 e. The van der Waals surface area contributed by atoms with Crippen LogP contribution in [0.4, 0.5) is 5.95 Å². The number of para-hydroxylation sites is 2. The molecule has 0 aliphatic carbocycles. The number of halogens is 1. The quantitative estimate of drug-likeness (QED) is 0.456. The van der Waals surface area contributed by atoms with E-state index in [4.69, 9.17) is 21.1 Å². The number of thioether (sulfide) groups is 1. The molecule has 0 unspecified atom stereocenters. The van der Waals surface area contributed by atoms with Crippen LogP contribution in [-0.4, -0.2) is 33.9 Å². The molecule has 30 heavy (non-hydrogen) atoms. The molecule has 2 aromatic carbocycles. The van der Waals surface area contributed by atoms with Gasteiger partial charge in [0.25, 0.3) is 5.91 Å². The highest BCUT2D eigenvalue weighted by Gasteiger charge is 2.15. The Hall–Kier alpha value is -2.71. The van der Waals surface area contributed by atoms with Gasteiger partial charge in [0.2, 0.25) is 5.95 Å². The van der Waals surface area contributed by atoms with Crippen molar-refractivity contribution in [3.8, 4) is 11.5 Å². The Balaban J connectivity index is 1.60. The standard InChI is InChI=1S/C21H23ClN4O3S/c1-3-26-20(24-25-21(26)30-14-15-9-5-6-10-16(15)22)23-19(27)13-29-18-12-8-7-11-17(18)28-4-2/h5-12H,3-4,13-14H2,1-2H3,(H,23,24,27). The van der Waals surface area contributed by atoms with E-state index in [0.29, 0.717) is 46.5 Å². The van der Waals surface area contributed by atoms with Gasteiger partial charge in [-0.1, -0.05) is 53.7 Å². The molecule has 0 radical (unpaired) electrons. The van der Waals surface area contributed by atoms with Gasteiger partial charge in [-0.2, -0.15) is 0 Å². The molecule has 0 saturated heterocycles. The van der Waals surface area contributed by atoms with E-state index in [1.54, 1.807) is 12.1 Å². The van der Waals surface area contributed by atoms with Crippen LogP contribution in [0.3, 0.4) is 0 Å². The van der Waals surface area contributed by atoms with Crippen LogP contribution in [0.5, 0.6) is 11.5 Å². The summed E-state index contributed by atoms with van der Waals surface area (Å²) in [6, 6.07) is 14.9. The van der Waals surface area contributed by atoms with E-state index in [9.17, 15) is 4.79 Å². The third-order valence-electron chi connectivity index (χ3n) is 4.11. The first kappa shape index (κ1) is 22.0. The van der Waals surface area contributed by atoms with Crippen LogP contribution in [0, 0.1) is 0 Å². The monoisotopic (exact) mass is 446 g/mol. The van der Waals surface area contributed by atoms with E-state index in [0.717, 1.165) is 5.56 Å². The Kier molecular flexibility index (Phi) is 7.98. The van der Waals surface area contributed by atoms with Crippen LogP contribution >= 0.6 is 23.4 Å². The second kappa shape index (κ2) is 10.9. The molecule has 3 aromatic rings. The van der Waals surface area contributed by atoms with Crippen molar-refractivity contribution < 1.29 is 14.3 Å². The number of hydrogen-bond donors (Lipinski definition) is 1. The molecule has 1 aromatic heterocycles. The maximum Gasteiger partial charge on any atom is 0.264 e. The van der Waals surface area contributed by atoms with E-state index in [1.807, 2.05) is 54.8 Å². The summed E-state index contributed by atoms with van der Waals surface area (Å²) in [4.78, 5) is 12.4. The fourth-order valence-electron chi connectivity index (χ4n) is 2.68. The molecule has 0 atom stereocenters. The minimum Gasteiger partial charge on any atom is -0.490 e. The molecule has 7 nitrogen and oxygen atoms in total. The van der Waals surface area contributed by atoms with Gasteiger partial charge in [-0.15, -0.1) is 10.2 Å². The van der Waals surface area contributed by atoms with E-state index in [-0.39, 0.29) is 12.5 Å². The second-order valence-electron chi connectivity index (χ2n) is 6.15. The van der Waals surface area contributed by atoms with Gasteiger partial charge in [-0.25, -0.2) is 0 Å². The average molecular weight is 447 g/mol. The lowest BCUT2D eigenvalue weighted by Crippen LogP contribution is -2.22. The third-order valence-corrected chi connectivity index (χ3v) is 5.49. The van der Waals surface area contributed by atoms with Crippen molar-refractivity contribution in [2.24, 2.45) is 0 Å². The van der Waals surface area contributed by atoms with Gasteiger partial charge in [0, 0.05) is 17.3 Å². The first-order valence-corrected chi connectivity index (χ1v) is 10.9. The molecule has 0 bridgehead atoms. The molecule has 1 N–H and O–H groups in total. The van der Waals surface area contributed by atoms with Gasteiger partial charge in [0.15, 0.2) is 23.3 Å². The van der Waals surface area contributed by atoms with E-state index in [1.165, 1.54) is 11.8 Å². The normalized spacial score (nSPS) is 10.6. The Bertz CT molecular complexity index is 996. The number of rotatable bonds is 10. The SMILES string of the molecule is CCOc1ccccc1OCC(=O)Nc1nnc(SCc2ccccc2Cl)n1CC. The highest BCUT2D eigenvalue weighted by Crippen LogP contribution is 2.28. The second-order valence-corrected chi connectivity index (χ2v) is 7.50. The summed E-state index contributed by atoms with van der Waals surface area (Å²) < 4.78 is 13.0. The van der Waals surface area contributed by atoms with Crippen molar-refractivity contribution in [2.75, 3.05) is 18.5 Å². The summed E-state index contributed by atoms with van der Waals surface area (Å²) in [7, 11) is 0. The number of nitrogens with one attached hydrogen (secondary N) is 1. The van der Waals surface area contributed by atoms with Gasteiger partial charge in [-0.05, 0) is 37.6 Å². The minimum absolute atomic E-state index is 0.164. The Morgan fingerprint density at radius 3 is 2.47 bits per heavy atom. The number of hydrogen-bond acceptors (Lipinski definition) is 6. The fourth-order valence-corrected chi connectivity index (χ4v) is 3.97. The Labute approximate surface area is 184 Å². The van der Waals surface area contributed by atoms with Crippen LogP contribution in [-0.2, 0) is 17.1 Å². The predicted molar refractivity (Wildman–Crippen MR) is 118 cm³/mol. The molecule has 3 rings (SSSR count). The number of aromatic nitrogens is 3. The summed E-state index contributed by atoms with van der Waals surface area (Å²) >= 11 is 7.73. The number of carbonyl (C=O) groups excluding carboxylic acids is 1. The summed E-state index contributed by atoms with van der Waals surface area (Å²) in [6.07, 6.45) is 0. The van der Waals surface area contributed by atoms with Crippen LogP contribution in [0.15, 0.2) is 53.7 Å². The summed E-state index contributed by atoms with van der Waals surface area (Å²) in [5.74, 6) is 1.82. The van der Waals surface area contributed by atoms with Gasteiger partial charge in [0.05, 0.1) is 6.61 Å². The summed E-state index contributed by atoms with van der Waals surface area (Å²) in [5.41, 5.74) is 1.02. The maximum atomic E-state index is 12.4. The van der Waals surface area contributed by atoms with Crippen molar-refractivity contribution in [2.45, 2.75) is 31.3 Å². The average Bonchev–Trinajstić information content (AvgIpc) is 3.14. The third kappa shape index (κ3) is 5.67. The van der Waals surface area contributed by atoms with E-state index >= 15 is 0 Å². The zero-order valence-electron chi connectivity index (χ0n) is 16.8. The molecule has 1 amide bonds. The predicted octanol–water partition coefficient (Wildman–Crippen LogP) is 4.66. The molecule has 0 fully saturated rings. The van der Waals surface area contributed by atoms with E-state index in [2.05, 4.69) is 15.5 Å². The molecule has 0 aliphatic rings. The number of nitrogens with zero attached hydrogens (tertiary/aromatic N) is 3. The smallest absolute Gasteiger partial charge is 0.264 e.